The first-order valence-corrected chi connectivity index (χ1v) is 10.5. The molecule has 6 nitrogen and oxygen atoms in total. The second-order valence-corrected chi connectivity index (χ2v) is 8.44. The number of hydrogen-bond donors (Lipinski definition) is 1. The number of fused-ring (bicyclic) bond motifs is 1. The monoisotopic (exact) mass is 406 g/mol. The highest BCUT2D eigenvalue weighted by Gasteiger charge is 2.33. The molecule has 1 aliphatic carbocycles. The Kier molecular flexibility index (Phi) is 4.89. The predicted molar refractivity (Wildman–Crippen MR) is 113 cm³/mol. The third-order valence-electron chi connectivity index (χ3n) is 5.51. The minimum Gasteiger partial charge on any atom is -0.308 e. The molecule has 3 heterocycles. The zero-order chi connectivity index (χ0) is 20.7. The molecule has 29 heavy (non-hydrogen) atoms. The van der Waals surface area contributed by atoms with E-state index in [-0.39, 0.29) is 18.1 Å². The Morgan fingerprint density at radius 2 is 2.07 bits per heavy atom. The second-order valence-electron chi connectivity index (χ2n) is 7.36. The number of carbonyl (C=O) groups excluding carboxylic acids is 2. The Morgan fingerprint density at radius 1 is 1.31 bits per heavy atom. The summed E-state index contributed by atoms with van der Waals surface area (Å²) in [5.41, 5.74) is 5.00. The van der Waals surface area contributed by atoms with Crippen LogP contribution in [0.15, 0.2) is 24.4 Å². The lowest BCUT2D eigenvalue weighted by atomic mass is 9.96. The van der Waals surface area contributed by atoms with E-state index in [1.807, 2.05) is 19.9 Å². The average molecular weight is 407 g/mol. The van der Waals surface area contributed by atoms with Crippen LogP contribution in [-0.2, 0) is 17.6 Å². The van der Waals surface area contributed by atoms with Gasteiger partial charge in [-0.1, -0.05) is 6.08 Å². The zero-order valence-electron chi connectivity index (χ0n) is 16.5. The van der Waals surface area contributed by atoms with Crippen LogP contribution in [0.5, 0.6) is 0 Å². The number of thiophene rings is 1. The van der Waals surface area contributed by atoms with E-state index in [2.05, 4.69) is 22.5 Å². The van der Waals surface area contributed by atoms with E-state index in [9.17, 15) is 14.9 Å². The van der Waals surface area contributed by atoms with E-state index in [0.29, 0.717) is 0 Å². The van der Waals surface area contributed by atoms with Crippen LogP contribution in [0.25, 0.3) is 11.1 Å². The number of imide groups is 1. The minimum atomic E-state index is -0.437. The van der Waals surface area contributed by atoms with Gasteiger partial charge in [-0.05, 0) is 62.8 Å². The molecular weight excluding hydrogens is 384 g/mol. The third kappa shape index (κ3) is 3.10. The van der Waals surface area contributed by atoms with Gasteiger partial charge in [0.05, 0.1) is 5.56 Å². The van der Waals surface area contributed by atoms with Gasteiger partial charge in [-0.2, -0.15) is 5.26 Å². The maximum atomic E-state index is 12.5. The molecule has 4 rings (SSSR count). The normalized spacial score (nSPS) is 17.4. The molecule has 0 radical (unpaired) electrons. The van der Waals surface area contributed by atoms with Crippen LogP contribution in [0.4, 0.5) is 4.79 Å². The molecule has 0 aromatic carbocycles. The Bertz CT molecular complexity index is 1110. The molecule has 1 N–H and O–H groups in total. The van der Waals surface area contributed by atoms with Crippen LogP contribution >= 0.6 is 11.3 Å². The molecule has 1 aliphatic heterocycles. The number of rotatable bonds is 4. The van der Waals surface area contributed by atoms with E-state index >= 15 is 0 Å². The summed E-state index contributed by atoms with van der Waals surface area (Å²) < 4.78 is 2.09. The molecule has 2 aromatic rings. The number of nitrogens with zero attached hydrogens (tertiary/aromatic N) is 3. The van der Waals surface area contributed by atoms with Crippen molar-refractivity contribution in [3.63, 3.8) is 0 Å². The maximum absolute atomic E-state index is 12.5. The molecule has 148 valence electrons. The van der Waals surface area contributed by atoms with Gasteiger partial charge in [-0.15, -0.1) is 17.9 Å². The topological polar surface area (TPSA) is 78.1 Å². The molecular formula is C22H22N4O2S. The summed E-state index contributed by atoms with van der Waals surface area (Å²) in [6, 6.07) is 3.97. The number of aryl methyl sites for hydroxylation is 2. The summed E-state index contributed by atoms with van der Waals surface area (Å²) in [5.74, 6) is -0.357. The summed E-state index contributed by atoms with van der Waals surface area (Å²) in [6.07, 6.45) is 7.52. The Hall–Kier alpha value is -3.11. The molecule has 1 fully saturated rings. The lowest BCUT2D eigenvalue weighted by Gasteiger charge is -2.10. The zero-order valence-corrected chi connectivity index (χ0v) is 17.4. The van der Waals surface area contributed by atoms with E-state index in [1.54, 1.807) is 17.4 Å². The van der Waals surface area contributed by atoms with Crippen LogP contribution in [0.3, 0.4) is 0 Å². The lowest BCUT2D eigenvalue weighted by molar-refractivity contribution is -0.122. The smallest absolute Gasteiger partial charge is 0.308 e. The molecule has 7 heteroatoms. The van der Waals surface area contributed by atoms with Crippen molar-refractivity contribution in [1.29, 1.82) is 5.26 Å². The maximum Gasteiger partial charge on any atom is 0.329 e. The van der Waals surface area contributed by atoms with Gasteiger partial charge in [0.2, 0.25) is 0 Å². The van der Waals surface area contributed by atoms with Gasteiger partial charge in [0, 0.05) is 22.8 Å². The Balaban J connectivity index is 1.77. The van der Waals surface area contributed by atoms with Crippen molar-refractivity contribution in [2.24, 2.45) is 0 Å². The number of amides is 3. The molecule has 0 unspecified atom stereocenters. The van der Waals surface area contributed by atoms with Crippen molar-refractivity contribution in [1.82, 2.24) is 14.8 Å². The van der Waals surface area contributed by atoms with Crippen molar-refractivity contribution >= 4 is 29.4 Å². The number of carbonyl (C=O) groups is 2. The fourth-order valence-electron chi connectivity index (χ4n) is 4.09. The van der Waals surface area contributed by atoms with Gasteiger partial charge in [0.1, 0.15) is 16.8 Å². The SMILES string of the molecule is C=CCN1C(=O)N/C(=C/c2cc(C)n(-c3sc4c(c3C#N)CCCC4)c2C)C1=O. The van der Waals surface area contributed by atoms with Crippen LogP contribution in [-0.4, -0.2) is 28.0 Å². The van der Waals surface area contributed by atoms with Gasteiger partial charge in [0.25, 0.3) is 5.91 Å². The van der Waals surface area contributed by atoms with Gasteiger partial charge < -0.3 is 9.88 Å². The minimum absolute atomic E-state index is 0.174. The Morgan fingerprint density at radius 3 is 2.79 bits per heavy atom. The fourth-order valence-corrected chi connectivity index (χ4v) is 5.54. The van der Waals surface area contributed by atoms with Crippen LogP contribution < -0.4 is 5.32 Å². The summed E-state index contributed by atoms with van der Waals surface area (Å²) >= 11 is 1.70. The number of hydrogen-bond acceptors (Lipinski definition) is 4. The van der Waals surface area contributed by atoms with Crippen LogP contribution in [0.2, 0.25) is 0 Å². The third-order valence-corrected chi connectivity index (χ3v) is 6.79. The van der Waals surface area contributed by atoms with Crippen LogP contribution in [0.1, 0.15) is 45.8 Å². The highest BCUT2D eigenvalue weighted by Crippen LogP contribution is 2.38. The molecule has 0 saturated carbocycles. The van der Waals surface area contributed by atoms with Crippen molar-refractivity contribution in [3.05, 3.63) is 57.4 Å². The molecule has 0 atom stereocenters. The molecule has 2 aliphatic rings. The number of nitriles is 1. The van der Waals surface area contributed by atoms with Crippen molar-refractivity contribution in [2.75, 3.05) is 6.54 Å². The number of urea groups is 1. The highest BCUT2D eigenvalue weighted by atomic mass is 32.1. The molecule has 0 spiro atoms. The van der Waals surface area contributed by atoms with Crippen molar-refractivity contribution in [2.45, 2.75) is 39.5 Å². The summed E-state index contributed by atoms with van der Waals surface area (Å²) in [7, 11) is 0. The van der Waals surface area contributed by atoms with Gasteiger partial charge in [-0.3, -0.25) is 9.69 Å². The predicted octanol–water partition coefficient (Wildman–Crippen LogP) is 3.98. The standard InChI is InChI=1S/C22H22N4O2S/c1-4-9-25-20(27)18(24-22(25)28)11-15-10-13(2)26(14(15)3)21-17(12-23)16-7-5-6-8-19(16)29-21/h4,10-11H,1,5-9H2,2-3H3,(H,24,28)/b18-11+. The number of aromatic nitrogens is 1. The van der Waals surface area contributed by atoms with E-state index in [0.717, 1.165) is 51.7 Å². The second kappa shape index (κ2) is 7.37. The fraction of sp³-hybridized carbons (Fsp3) is 0.318. The highest BCUT2D eigenvalue weighted by molar-refractivity contribution is 7.15. The van der Waals surface area contributed by atoms with E-state index < -0.39 is 6.03 Å². The quantitative estimate of drug-likeness (QED) is 0.474. The first kappa shape index (κ1) is 19.2. The molecule has 0 bridgehead atoms. The summed E-state index contributed by atoms with van der Waals surface area (Å²) in [6.45, 7) is 7.73. The largest absolute Gasteiger partial charge is 0.329 e. The molecule has 3 amide bonds. The van der Waals surface area contributed by atoms with Crippen molar-refractivity contribution < 1.29 is 9.59 Å². The van der Waals surface area contributed by atoms with Gasteiger partial charge in [0.15, 0.2) is 0 Å². The first-order chi connectivity index (χ1) is 14.0. The van der Waals surface area contributed by atoms with Gasteiger partial charge in [-0.25, -0.2) is 4.79 Å². The average Bonchev–Trinajstić information content (AvgIpc) is 3.29. The number of nitrogens with one attached hydrogen (secondary N) is 1. The Labute approximate surface area is 173 Å². The van der Waals surface area contributed by atoms with E-state index in [1.165, 1.54) is 22.9 Å². The van der Waals surface area contributed by atoms with E-state index in [4.69, 9.17) is 0 Å². The van der Waals surface area contributed by atoms with Gasteiger partial charge >= 0.3 is 6.03 Å². The first-order valence-electron chi connectivity index (χ1n) is 9.65. The van der Waals surface area contributed by atoms with Crippen LogP contribution in [0, 0.1) is 25.2 Å². The molecule has 1 saturated heterocycles. The van der Waals surface area contributed by atoms with Crippen molar-refractivity contribution in [3.8, 4) is 11.1 Å². The summed E-state index contributed by atoms with van der Waals surface area (Å²) in [4.78, 5) is 26.9. The molecule has 2 aromatic heterocycles. The summed E-state index contributed by atoms with van der Waals surface area (Å²) in [5, 5.41) is 13.4. The lowest BCUT2D eigenvalue weighted by Crippen LogP contribution is -2.30.